The summed E-state index contributed by atoms with van der Waals surface area (Å²) in [6.07, 6.45) is 3.01. The first-order chi connectivity index (χ1) is 7.72. The number of hydrogen-bond donors (Lipinski definition) is 1. The second kappa shape index (κ2) is 7.19. The van der Waals surface area contributed by atoms with Gasteiger partial charge in [-0.05, 0) is 39.2 Å². The highest BCUT2D eigenvalue weighted by Crippen LogP contribution is 2.05. The summed E-state index contributed by atoms with van der Waals surface area (Å²) >= 11 is 0. The van der Waals surface area contributed by atoms with E-state index in [-0.39, 0.29) is 0 Å². The van der Waals surface area contributed by atoms with Crippen LogP contribution < -0.4 is 10.1 Å². The molecule has 0 atom stereocenters. The highest BCUT2D eigenvalue weighted by atomic mass is 16.5. The van der Waals surface area contributed by atoms with Gasteiger partial charge in [0.1, 0.15) is 0 Å². The molecule has 0 amide bonds. The molecule has 0 aliphatic carbocycles. The standard InChI is InChI=1S/C12H21N3O/c1-15(2)8-4-7-13-9-11-5-6-12(16-3)14-10-11/h5-6,10,13H,4,7-9H2,1-3H3. The maximum absolute atomic E-state index is 5.00. The van der Waals surface area contributed by atoms with E-state index in [4.69, 9.17) is 4.74 Å². The van der Waals surface area contributed by atoms with Crippen LogP contribution in [0.2, 0.25) is 0 Å². The van der Waals surface area contributed by atoms with Crippen molar-refractivity contribution in [2.24, 2.45) is 0 Å². The van der Waals surface area contributed by atoms with Gasteiger partial charge in [-0.3, -0.25) is 0 Å². The monoisotopic (exact) mass is 223 g/mol. The molecule has 1 N–H and O–H groups in total. The molecule has 0 aliphatic rings. The molecule has 1 rings (SSSR count). The third-order valence-electron chi connectivity index (χ3n) is 2.29. The molecule has 0 fully saturated rings. The van der Waals surface area contributed by atoms with Crippen molar-refractivity contribution in [3.63, 3.8) is 0 Å². The Kier molecular flexibility index (Phi) is 5.82. The Balaban J connectivity index is 2.16. The van der Waals surface area contributed by atoms with Gasteiger partial charge in [0.25, 0.3) is 0 Å². The fraction of sp³-hybridized carbons (Fsp3) is 0.583. The Bertz CT molecular complexity index is 285. The maximum Gasteiger partial charge on any atom is 0.212 e. The number of pyridine rings is 1. The van der Waals surface area contributed by atoms with Crippen LogP contribution in [-0.4, -0.2) is 44.2 Å². The average molecular weight is 223 g/mol. The van der Waals surface area contributed by atoms with Crippen LogP contribution in [0, 0.1) is 0 Å². The van der Waals surface area contributed by atoms with Crippen LogP contribution in [-0.2, 0) is 6.54 Å². The van der Waals surface area contributed by atoms with Crippen molar-refractivity contribution in [1.29, 1.82) is 0 Å². The quantitative estimate of drug-likeness (QED) is 0.703. The Morgan fingerprint density at radius 2 is 2.19 bits per heavy atom. The molecule has 0 bridgehead atoms. The Morgan fingerprint density at radius 1 is 1.38 bits per heavy atom. The predicted octanol–water partition coefficient (Wildman–Crippen LogP) is 1.13. The largest absolute Gasteiger partial charge is 0.481 e. The van der Waals surface area contributed by atoms with E-state index in [1.54, 1.807) is 7.11 Å². The number of ether oxygens (including phenoxy) is 1. The van der Waals surface area contributed by atoms with Crippen molar-refractivity contribution in [3.05, 3.63) is 23.9 Å². The van der Waals surface area contributed by atoms with Crippen LogP contribution in [0.5, 0.6) is 5.88 Å². The zero-order chi connectivity index (χ0) is 11.8. The van der Waals surface area contributed by atoms with Gasteiger partial charge < -0.3 is 15.0 Å². The van der Waals surface area contributed by atoms with Crippen LogP contribution >= 0.6 is 0 Å². The number of aromatic nitrogens is 1. The molecule has 1 aromatic heterocycles. The molecule has 90 valence electrons. The van der Waals surface area contributed by atoms with Crippen molar-refractivity contribution >= 4 is 0 Å². The second-order valence-electron chi connectivity index (χ2n) is 4.04. The summed E-state index contributed by atoms with van der Waals surface area (Å²) < 4.78 is 5.00. The number of hydrogen-bond acceptors (Lipinski definition) is 4. The first kappa shape index (κ1) is 12.9. The number of nitrogens with zero attached hydrogens (tertiary/aromatic N) is 2. The van der Waals surface area contributed by atoms with Crippen molar-refractivity contribution < 1.29 is 4.74 Å². The lowest BCUT2D eigenvalue weighted by atomic mass is 10.3. The summed E-state index contributed by atoms with van der Waals surface area (Å²) in [5.74, 6) is 0.663. The van der Waals surface area contributed by atoms with E-state index >= 15 is 0 Å². The molecule has 1 heterocycles. The number of rotatable bonds is 7. The van der Waals surface area contributed by atoms with E-state index < -0.39 is 0 Å². The zero-order valence-corrected chi connectivity index (χ0v) is 10.4. The zero-order valence-electron chi connectivity index (χ0n) is 10.4. The maximum atomic E-state index is 5.00. The summed E-state index contributed by atoms with van der Waals surface area (Å²) in [7, 11) is 5.81. The highest BCUT2D eigenvalue weighted by molar-refractivity contribution is 5.17. The van der Waals surface area contributed by atoms with Gasteiger partial charge in [-0.2, -0.15) is 0 Å². The van der Waals surface area contributed by atoms with Crippen molar-refractivity contribution in [2.45, 2.75) is 13.0 Å². The molecule has 0 aromatic carbocycles. The summed E-state index contributed by atoms with van der Waals surface area (Å²) in [5, 5.41) is 3.39. The average Bonchev–Trinajstić information content (AvgIpc) is 2.29. The fourth-order valence-electron chi connectivity index (χ4n) is 1.39. The topological polar surface area (TPSA) is 37.4 Å². The predicted molar refractivity (Wildman–Crippen MR) is 65.7 cm³/mol. The summed E-state index contributed by atoms with van der Waals surface area (Å²) in [6.45, 7) is 3.02. The molecule has 0 unspecified atom stereocenters. The van der Waals surface area contributed by atoms with Crippen molar-refractivity contribution in [1.82, 2.24) is 15.2 Å². The van der Waals surface area contributed by atoms with Gasteiger partial charge in [0.15, 0.2) is 0 Å². The third-order valence-corrected chi connectivity index (χ3v) is 2.29. The molecule has 4 nitrogen and oxygen atoms in total. The lowest BCUT2D eigenvalue weighted by molar-refractivity contribution is 0.393. The molecule has 0 saturated carbocycles. The van der Waals surface area contributed by atoms with Gasteiger partial charge in [0.2, 0.25) is 5.88 Å². The highest BCUT2D eigenvalue weighted by Gasteiger charge is 1.95. The van der Waals surface area contributed by atoms with Crippen LogP contribution in [0.3, 0.4) is 0 Å². The molecule has 0 saturated heterocycles. The van der Waals surface area contributed by atoms with E-state index in [9.17, 15) is 0 Å². The minimum atomic E-state index is 0.663. The first-order valence-corrected chi connectivity index (χ1v) is 5.56. The fourth-order valence-corrected chi connectivity index (χ4v) is 1.39. The second-order valence-corrected chi connectivity index (χ2v) is 4.04. The van der Waals surface area contributed by atoms with Gasteiger partial charge in [0.05, 0.1) is 7.11 Å². The van der Waals surface area contributed by atoms with Gasteiger partial charge in [-0.1, -0.05) is 6.07 Å². The minimum Gasteiger partial charge on any atom is -0.481 e. The Hall–Kier alpha value is -1.13. The van der Waals surface area contributed by atoms with E-state index in [0.717, 1.165) is 26.1 Å². The van der Waals surface area contributed by atoms with Crippen molar-refractivity contribution in [3.8, 4) is 5.88 Å². The lowest BCUT2D eigenvalue weighted by Crippen LogP contribution is -2.21. The molecule has 0 spiro atoms. The molecular weight excluding hydrogens is 202 g/mol. The molecule has 16 heavy (non-hydrogen) atoms. The van der Waals surface area contributed by atoms with Gasteiger partial charge in [0, 0.05) is 18.8 Å². The molecule has 0 radical (unpaired) electrons. The molecule has 4 heteroatoms. The first-order valence-electron chi connectivity index (χ1n) is 5.56. The lowest BCUT2D eigenvalue weighted by Gasteiger charge is -2.09. The Morgan fingerprint density at radius 3 is 2.75 bits per heavy atom. The summed E-state index contributed by atoms with van der Waals surface area (Å²) in [5.41, 5.74) is 1.19. The van der Waals surface area contributed by atoms with E-state index in [1.165, 1.54) is 5.56 Å². The summed E-state index contributed by atoms with van der Waals surface area (Å²) in [6, 6.07) is 3.92. The van der Waals surface area contributed by atoms with Crippen molar-refractivity contribution in [2.75, 3.05) is 34.3 Å². The number of methoxy groups -OCH3 is 1. The van der Waals surface area contributed by atoms with Crippen LogP contribution in [0.1, 0.15) is 12.0 Å². The van der Waals surface area contributed by atoms with Crippen LogP contribution in [0.15, 0.2) is 18.3 Å². The minimum absolute atomic E-state index is 0.663. The van der Waals surface area contributed by atoms with E-state index in [0.29, 0.717) is 5.88 Å². The van der Waals surface area contributed by atoms with Gasteiger partial charge >= 0.3 is 0 Å². The van der Waals surface area contributed by atoms with Crippen LogP contribution in [0.4, 0.5) is 0 Å². The van der Waals surface area contributed by atoms with Gasteiger partial charge in [-0.15, -0.1) is 0 Å². The normalized spacial score (nSPS) is 10.8. The van der Waals surface area contributed by atoms with E-state index in [2.05, 4.69) is 29.3 Å². The molecule has 0 aliphatic heterocycles. The smallest absolute Gasteiger partial charge is 0.212 e. The molecular formula is C12H21N3O. The summed E-state index contributed by atoms with van der Waals surface area (Å²) in [4.78, 5) is 6.34. The van der Waals surface area contributed by atoms with E-state index in [1.807, 2.05) is 18.3 Å². The number of nitrogens with one attached hydrogen (secondary N) is 1. The SMILES string of the molecule is COc1ccc(CNCCCN(C)C)cn1. The van der Waals surface area contributed by atoms with Crippen LogP contribution in [0.25, 0.3) is 0 Å². The third kappa shape index (κ3) is 5.09. The molecule has 1 aromatic rings. The van der Waals surface area contributed by atoms with Gasteiger partial charge in [-0.25, -0.2) is 4.98 Å². The Labute approximate surface area is 97.6 Å².